The number of anilines is 1. The molecular formula is C84H87BrF12N12O19S2. The molecule has 700 valence electrons. The number of carbonyl (C=O) groups excluding carboxylic acids is 4. The number of benzene rings is 4. The van der Waals surface area contributed by atoms with Gasteiger partial charge in [0.25, 0.3) is 0 Å². The maximum Gasteiger partial charge on any atom is 0.388 e. The first kappa shape index (κ1) is 101. The number of Topliss-reactive ketones (excluding diaryl/α,β-unsaturated/α-hetero) is 1. The van der Waals surface area contributed by atoms with Crippen molar-refractivity contribution in [2.45, 2.75) is 164 Å². The van der Waals surface area contributed by atoms with E-state index in [0.29, 0.717) is 72.9 Å². The number of hydrogen-bond acceptors (Lipinski definition) is 23. The highest BCUT2D eigenvalue weighted by Crippen LogP contribution is 2.39. The highest BCUT2D eigenvalue weighted by molar-refractivity contribution is 9.10. The Hall–Kier alpha value is -12.5. The lowest BCUT2D eigenvalue weighted by molar-refractivity contribution is -0.117. The van der Waals surface area contributed by atoms with E-state index in [1.807, 2.05) is 33.8 Å². The maximum absolute atomic E-state index is 14.7. The summed E-state index contributed by atoms with van der Waals surface area (Å²) in [5, 5.41) is 9.18. The van der Waals surface area contributed by atoms with Crippen molar-refractivity contribution in [3.8, 4) is 40.6 Å². The molecule has 0 saturated carbocycles. The lowest BCUT2D eigenvalue weighted by Crippen LogP contribution is -2.44. The number of hydrogen-bond donors (Lipinski definition) is 2. The van der Waals surface area contributed by atoms with Crippen LogP contribution in [-0.2, 0) is 40.4 Å². The lowest BCUT2D eigenvalue weighted by Gasteiger charge is -2.32. The molecule has 2 fully saturated rings. The molecule has 3 N–H and O–H groups in total. The lowest BCUT2D eigenvalue weighted by atomic mass is 9.78. The monoisotopic (exact) mass is 1940 g/mol. The minimum Gasteiger partial charge on any atom is -0.478 e. The van der Waals surface area contributed by atoms with Gasteiger partial charge in [-0.2, -0.15) is 35.1 Å². The van der Waals surface area contributed by atoms with E-state index in [2.05, 4.69) is 59.6 Å². The number of sulfone groups is 2. The molecule has 46 heteroatoms. The van der Waals surface area contributed by atoms with E-state index in [0.717, 1.165) is 55.4 Å². The molecule has 11 aromatic rings. The van der Waals surface area contributed by atoms with Crippen LogP contribution in [0.5, 0.6) is 23.5 Å². The van der Waals surface area contributed by atoms with Crippen LogP contribution < -0.4 is 46.7 Å². The quantitative estimate of drug-likeness (QED) is 0.0383. The molecule has 31 nitrogen and oxygen atoms in total. The Morgan fingerprint density at radius 3 is 1.11 bits per heavy atom. The number of alkyl halides is 8. The SMILES string of the molecule is CC(C)n1c(=O)n(-c2cc(OC(F)F)ncc2F)c2ccc(C(=O)CC3(C)CCS(=O)(=O)CC3)cc21.CC(C)n1c(=O)n(-c2cc(OC(F)F)ncc2F)c2ccc(C(=O)O)cc21.CC1(N)CCS(=O)(=O)CC1.COC(=O)c1ccc2c(c1)N(C(C)C)C(=O)C2.COC(=O)c1ccc2c(c1)n(C(C)C)c(=O)n2-c1cc(OC(F)F)ncc1F.Fc1cnc(OC(F)F)cc1Br. The number of pyridine rings is 4. The Bertz CT molecular complexity index is 6490. The number of carboxylic acids is 1. The second-order valence-electron chi connectivity index (χ2n) is 31.3. The Balaban J connectivity index is 0.000000184. The number of ketones is 1. The summed E-state index contributed by atoms with van der Waals surface area (Å²) in [7, 11) is -3.24. The molecule has 0 radical (unpaired) electrons. The Morgan fingerprint density at radius 2 is 0.769 bits per heavy atom. The molecule has 14 rings (SSSR count). The third kappa shape index (κ3) is 24.5. The number of nitrogens with two attached hydrogens (primary N) is 1. The van der Waals surface area contributed by atoms with Gasteiger partial charge >= 0.3 is 61.4 Å². The van der Waals surface area contributed by atoms with Crippen LogP contribution in [0.1, 0.15) is 166 Å². The van der Waals surface area contributed by atoms with Gasteiger partial charge in [0.15, 0.2) is 29.1 Å². The van der Waals surface area contributed by atoms with Crippen LogP contribution in [-0.4, -0.2) is 174 Å². The summed E-state index contributed by atoms with van der Waals surface area (Å²) in [6.45, 7) is 5.65. The van der Waals surface area contributed by atoms with Gasteiger partial charge in [0.2, 0.25) is 29.4 Å². The van der Waals surface area contributed by atoms with Crippen LogP contribution >= 0.6 is 15.9 Å². The smallest absolute Gasteiger partial charge is 0.388 e. The van der Waals surface area contributed by atoms with E-state index in [1.54, 1.807) is 64.6 Å². The first-order chi connectivity index (χ1) is 60.8. The number of aromatic carboxylic acids is 1. The van der Waals surface area contributed by atoms with Gasteiger partial charge in [0, 0.05) is 71.6 Å². The molecular weight excluding hydrogens is 1850 g/mol. The number of carboxylic acid groups (broad SMARTS) is 1. The Labute approximate surface area is 741 Å². The predicted octanol–water partition coefficient (Wildman–Crippen LogP) is 15.1. The summed E-state index contributed by atoms with van der Waals surface area (Å²) < 4.78 is 233. The summed E-state index contributed by atoms with van der Waals surface area (Å²) in [6, 6.07) is 20.8. The normalized spacial score (nSPS) is 14.7. The second-order valence-corrected chi connectivity index (χ2v) is 36.7. The maximum atomic E-state index is 14.7. The molecule has 4 aromatic carbocycles. The van der Waals surface area contributed by atoms with Gasteiger partial charge in [-0.3, -0.25) is 37.0 Å². The van der Waals surface area contributed by atoms with Crippen molar-refractivity contribution in [2.24, 2.45) is 11.1 Å². The van der Waals surface area contributed by atoms with Crippen LogP contribution in [0.25, 0.3) is 50.2 Å². The number of amides is 1. The number of imidazole rings is 3. The first-order valence-electron chi connectivity index (χ1n) is 39.3. The third-order valence-corrected chi connectivity index (χ3v) is 24.3. The molecule has 0 atom stereocenters. The van der Waals surface area contributed by atoms with Crippen LogP contribution in [0, 0.1) is 28.7 Å². The molecule has 0 aliphatic carbocycles. The van der Waals surface area contributed by atoms with E-state index in [4.69, 9.17) is 10.5 Å². The minimum absolute atomic E-state index is 0.0353. The number of halogens is 13. The van der Waals surface area contributed by atoms with Gasteiger partial charge < -0.3 is 44.2 Å². The number of rotatable bonds is 21. The zero-order valence-electron chi connectivity index (χ0n) is 71.3. The molecule has 0 bridgehead atoms. The molecule has 3 aliphatic rings. The molecule has 2 saturated heterocycles. The number of methoxy groups -OCH3 is 2. The summed E-state index contributed by atoms with van der Waals surface area (Å²) in [5.41, 5.74) is 6.71. The van der Waals surface area contributed by atoms with Gasteiger partial charge in [-0.15, -0.1) is 0 Å². The molecule has 0 unspecified atom stereocenters. The topological polar surface area (TPSA) is 391 Å². The van der Waals surface area contributed by atoms with E-state index < -0.39 is 121 Å². The number of aromatic nitrogens is 10. The fourth-order valence-electron chi connectivity index (χ4n) is 14.0. The Morgan fingerprint density at radius 1 is 0.446 bits per heavy atom. The van der Waals surface area contributed by atoms with Gasteiger partial charge in [-0.25, -0.2) is 83.1 Å². The number of fused-ring (bicyclic) bond motifs is 4. The Kier molecular flexibility index (Phi) is 32.7. The van der Waals surface area contributed by atoms with E-state index in [9.17, 15) is 113 Å². The van der Waals surface area contributed by atoms with Crippen molar-refractivity contribution in [3.05, 3.63) is 209 Å². The van der Waals surface area contributed by atoms with E-state index in [1.165, 1.54) is 76.5 Å². The van der Waals surface area contributed by atoms with Crippen molar-refractivity contribution < 1.29 is 127 Å². The highest BCUT2D eigenvalue weighted by Gasteiger charge is 2.37. The summed E-state index contributed by atoms with van der Waals surface area (Å²) in [6.07, 6.45) is 5.41. The predicted molar refractivity (Wildman–Crippen MR) is 453 cm³/mol. The standard InChI is InChI=1S/C24H26F3N3O5S.C18H16F3N3O4.C17H14F3N3O4.C13H15NO3.C6H3BrF3NO.C6H13NO2S/c1-14(2)29-19-10-15(20(31)12-24(3)6-8-36(33,34)9-7-24)4-5-17(19)30(23(29)32)18-11-21(35-22(26)27)28-13-16(18)25;1-9(2)23-14-6-10(16(25)27-3)4-5-12(14)24(18(23)26)13-7-15(28-17(20)21)22-8-11(13)19;1-8(2)22-13-5-9(15(24)25)3-4-11(13)23(17(22)26)12-6-14(27-16(19)20)21-7-10(12)18;1-8(2)14-11-6-10(13(16)17-3)5-4-9(11)7-12(14)15;7-3-1-5(12-6(9)10)11-2-4(3)8;1-6(7)2-4-10(8,9)5-3-6/h4-5,10-11,13-14,22H,6-9,12H2,1-3H3;4-9,17H,1-3H3;3-8,16H,1-2H3,(H,24,25);4-6,8H,7H2,1-3H3;1-2,6H;2-5,7H2,1H3. The van der Waals surface area contributed by atoms with Gasteiger partial charge in [-0.05, 0) is 182 Å². The summed E-state index contributed by atoms with van der Waals surface area (Å²) >= 11 is 2.80. The summed E-state index contributed by atoms with van der Waals surface area (Å²) in [4.78, 5) is 114. The number of carbonyl (C=O) groups is 5. The number of ether oxygens (including phenoxy) is 6. The molecule has 10 heterocycles. The van der Waals surface area contributed by atoms with Gasteiger partial charge in [0.1, 0.15) is 19.7 Å². The fraction of sp³-hybridized carbons (Fsp3) is 0.381. The molecule has 0 spiro atoms. The zero-order valence-corrected chi connectivity index (χ0v) is 74.5. The van der Waals surface area contributed by atoms with Crippen molar-refractivity contribution in [2.75, 3.05) is 42.1 Å². The van der Waals surface area contributed by atoms with Crippen LogP contribution in [0.3, 0.4) is 0 Å². The van der Waals surface area contributed by atoms with Gasteiger partial charge in [-0.1, -0.05) is 13.0 Å². The first-order valence-corrected chi connectivity index (χ1v) is 43.7. The zero-order chi connectivity index (χ0) is 96.4. The van der Waals surface area contributed by atoms with Crippen molar-refractivity contribution in [3.63, 3.8) is 0 Å². The molecule has 1 amide bonds. The van der Waals surface area contributed by atoms with Crippen molar-refractivity contribution in [1.82, 2.24) is 47.3 Å². The average molecular weight is 1940 g/mol. The largest absolute Gasteiger partial charge is 0.478 e. The van der Waals surface area contributed by atoms with Crippen LogP contribution in [0.4, 0.5) is 58.4 Å². The average Bonchev–Trinajstić information content (AvgIpc) is 1.60. The van der Waals surface area contributed by atoms with E-state index in [-0.39, 0.29) is 137 Å². The fourth-order valence-corrected chi connectivity index (χ4v) is 17.9. The molecule has 130 heavy (non-hydrogen) atoms. The van der Waals surface area contributed by atoms with Crippen LogP contribution in [0.15, 0.2) is 141 Å². The number of esters is 2. The highest BCUT2D eigenvalue weighted by atomic mass is 79.9. The number of nitrogens with zero attached hydrogens (tertiary/aromatic N) is 11. The van der Waals surface area contributed by atoms with Crippen molar-refractivity contribution in [1.29, 1.82) is 0 Å². The minimum atomic E-state index is -3.18. The van der Waals surface area contributed by atoms with Crippen molar-refractivity contribution >= 4 is 104 Å². The second kappa shape index (κ2) is 42.0. The third-order valence-electron chi connectivity index (χ3n) is 20.4. The van der Waals surface area contributed by atoms with Gasteiger partial charge in [0.05, 0.1) is 140 Å². The molecule has 3 aliphatic heterocycles. The van der Waals surface area contributed by atoms with Crippen LogP contribution in [0.2, 0.25) is 0 Å². The summed E-state index contributed by atoms with van der Waals surface area (Å²) in [5.74, 6) is -6.99. The van der Waals surface area contributed by atoms with E-state index >= 15 is 0 Å². The molecule has 7 aromatic heterocycles.